The quantitative estimate of drug-likeness (QED) is 0.811. The second kappa shape index (κ2) is 6.75. The van der Waals surface area contributed by atoms with Crippen molar-refractivity contribution in [2.45, 2.75) is 72.4 Å². The second-order valence-corrected chi connectivity index (χ2v) is 7.04. The number of hydrogen-bond acceptors (Lipinski definition) is 2. The molecule has 114 valence electrons. The number of rotatable bonds is 7. The molecule has 1 aliphatic rings. The van der Waals surface area contributed by atoms with Crippen molar-refractivity contribution >= 4 is 0 Å². The predicted octanol–water partition coefficient (Wildman–Crippen LogP) is 4.16. The molecule has 0 aliphatic heterocycles. The van der Waals surface area contributed by atoms with E-state index in [2.05, 4.69) is 44.3 Å². The summed E-state index contributed by atoms with van der Waals surface area (Å²) < 4.78 is 2.01. The van der Waals surface area contributed by atoms with Gasteiger partial charge in [-0.2, -0.15) is 5.10 Å². The SMILES string of the molecule is CCn1cc(C(C)NCC2(CC(C)C)CCCC2)cn1. The molecule has 20 heavy (non-hydrogen) atoms. The first-order valence-corrected chi connectivity index (χ1v) is 8.30. The van der Waals surface area contributed by atoms with E-state index in [0.717, 1.165) is 19.0 Å². The highest BCUT2D eigenvalue weighted by atomic mass is 15.3. The summed E-state index contributed by atoms with van der Waals surface area (Å²) in [6.07, 6.45) is 11.2. The van der Waals surface area contributed by atoms with Gasteiger partial charge in [0.25, 0.3) is 0 Å². The number of hydrogen-bond donors (Lipinski definition) is 1. The van der Waals surface area contributed by atoms with Crippen molar-refractivity contribution in [2.24, 2.45) is 11.3 Å². The normalized spacial score (nSPS) is 19.6. The van der Waals surface area contributed by atoms with Crippen LogP contribution in [0, 0.1) is 11.3 Å². The summed E-state index contributed by atoms with van der Waals surface area (Å²) in [5, 5.41) is 8.15. The van der Waals surface area contributed by atoms with Gasteiger partial charge < -0.3 is 5.32 Å². The number of nitrogens with one attached hydrogen (secondary N) is 1. The molecule has 2 rings (SSSR count). The summed E-state index contributed by atoms with van der Waals surface area (Å²) >= 11 is 0. The minimum absolute atomic E-state index is 0.403. The van der Waals surface area contributed by atoms with Gasteiger partial charge in [0, 0.05) is 30.9 Å². The van der Waals surface area contributed by atoms with E-state index in [1.165, 1.54) is 37.7 Å². The maximum absolute atomic E-state index is 4.38. The third-order valence-corrected chi connectivity index (χ3v) is 4.77. The first-order valence-electron chi connectivity index (χ1n) is 8.30. The third kappa shape index (κ3) is 3.85. The Balaban J connectivity index is 1.91. The van der Waals surface area contributed by atoms with E-state index in [1.54, 1.807) is 0 Å². The molecule has 1 N–H and O–H groups in total. The molecule has 0 aromatic carbocycles. The molecular formula is C17H31N3. The molecular weight excluding hydrogens is 246 g/mol. The van der Waals surface area contributed by atoms with Crippen LogP contribution in [0.1, 0.15) is 71.4 Å². The van der Waals surface area contributed by atoms with Crippen LogP contribution in [-0.4, -0.2) is 16.3 Å². The average Bonchev–Trinajstić information content (AvgIpc) is 3.04. The Labute approximate surface area is 124 Å². The van der Waals surface area contributed by atoms with Crippen LogP contribution >= 0.6 is 0 Å². The fraction of sp³-hybridized carbons (Fsp3) is 0.824. The summed E-state index contributed by atoms with van der Waals surface area (Å²) in [6, 6.07) is 0.403. The van der Waals surface area contributed by atoms with E-state index in [1.807, 2.05) is 10.9 Å². The molecule has 0 saturated heterocycles. The van der Waals surface area contributed by atoms with Crippen LogP contribution in [0.4, 0.5) is 0 Å². The molecule has 3 heteroatoms. The Morgan fingerprint density at radius 3 is 2.55 bits per heavy atom. The summed E-state index contributed by atoms with van der Waals surface area (Å²) in [7, 11) is 0. The molecule has 1 saturated carbocycles. The van der Waals surface area contributed by atoms with Crippen molar-refractivity contribution in [3.8, 4) is 0 Å². The lowest BCUT2D eigenvalue weighted by atomic mass is 9.78. The molecule has 1 aromatic rings. The molecule has 1 aliphatic carbocycles. The van der Waals surface area contributed by atoms with Gasteiger partial charge in [-0.05, 0) is 44.4 Å². The molecule has 3 nitrogen and oxygen atoms in total. The first kappa shape index (κ1) is 15.6. The summed E-state index contributed by atoms with van der Waals surface area (Å²) in [6.45, 7) is 11.2. The Morgan fingerprint density at radius 2 is 2.00 bits per heavy atom. The topological polar surface area (TPSA) is 29.9 Å². The Bertz CT molecular complexity index is 402. The number of nitrogens with zero attached hydrogens (tertiary/aromatic N) is 2. The van der Waals surface area contributed by atoms with Crippen LogP contribution in [-0.2, 0) is 6.54 Å². The molecule has 1 heterocycles. The molecule has 1 atom stereocenters. The van der Waals surface area contributed by atoms with Gasteiger partial charge in [0.2, 0.25) is 0 Å². The molecule has 0 amide bonds. The standard InChI is InChI=1S/C17H31N3/c1-5-20-12-16(11-19-20)15(4)18-13-17(10-14(2)3)8-6-7-9-17/h11-12,14-15,18H,5-10,13H2,1-4H3. The summed E-state index contributed by atoms with van der Waals surface area (Å²) in [4.78, 5) is 0. The average molecular weight is 277 g/mol. The van der Waals surface area contributed by atoms with Gasteiger partial charge in [-0.25, -0.2) is 0 Å². The van der Waals surface area contributed by atoms with Gasteiger partial charge in [0.1, 0.15) is 0 Å². The van der Waals surface area contributed by atoms with Crippen LogP contribution in [0.15, 0.2) is 12.4 Å². The molecule has 1 unspecified atom stereocenters. The first-order chi connectivity index (χ1) is 9.54. The van der Waals surface area contributed by atoms with Crippen LogP contribution in [0.25, 0.3) is 0 Å². The minimum Gasteiger partial charge on any atom is -0.310 e. The largest absolute Gasteiger partial charge is 0.310 e. The van der Waals surface area contributed by atoms with E-state index < -0.39 is 0 Å². The highest BCUT2D eigenvalue weighted by Crippen LogP contribution is 2.42. The van der Waals surface area contributed by atoms with Gasteiger partial charge in [-0.15, -0.1) is 0 Å². The van der Waals surface area contributed by atoms with Crippen LogP contribution in [0.3, 0.4) is 0 Å². The fourth-order valence-corrected chi connectivity index (χ4v) is 3.71. The highest BCUT2D eigenvalue weighted by molar-refractivity contribution is 5.09. The van der Waals surface area contributed by atoms with Crippen LogP contribution < -0.4 is 5.32 Å². The van der Waals surface area contributed by atoms with Gasteiger partial charge in [-0.3, -0.25) is 4.68 Å². The van der Waals surface area contributed by atoms with Crippen molar-refractivity contribution < 1.29 is 0 Å². The van der Waals surface area contributed by atoms with E-state index >= 15 is 0 Å². The van der Waals surface area contributed by atoms with E-state index in [-0.39, 0.29) is 0 Å². The van der Waals surface area contributed by atoms with Crippen molar-refractivity contribution in [1.82, 2.24) is 15.1 Å². The lowest BCUT2D eigenvalue weighted by molar-refractivity contribution is 0.217. The zero-order valence-corrected chi connectivity index (χ0v) is 13.7. The third-order valence-electron chi connectivity index (χ3n) is 4.77. The Hall–Kier alpha value is -0.830. The van der Waals surface area contributed by atoms with Crippen molar-refractivity contribution in [1.29, 1.82) is 0 Å². The predicted molar refractivity (Wildman–Crippen MR) is 84.7 cm³/mol. The Kier molecular flexibility index (Phi) is 5.25. The van der Waals surface area contributed by atoms with Crippen molar-refractivity contribution in [3.05, 3.63) is 18.0 Å². The van der Waals surface area contributed by atoms with Crippen LogP contribution in [0.2, 0.25) is 0 Å². The van der Waals surface area contributed by atoms with Gasteiger partial charge >= 0.3 is 0 Å². The van der Waals surface area contributed by atoms with Crippen molar-refractivity contribution in [2.75, 3.05) is 6.54 Å². The van der Waals surface area contributed by atoms with Crippen molar-refractivity contribution in [3.63, 3.8) is 0 Å². The molecule has 0 spiro atoms. The van der Waals surface area contributed by atoms with Gasteiger partial charge in [-0.1, -0.05) is 26.7 Å². The summed E-state index contributed by atoms with van der Waals surface area (Å²) in [5.41, 5.74) is 1.85. The lowest BCUT2D eigenvalue weighted by Crippen LogP contribution is -2.34. The molecule has 0 bridgehead atoms. The minimum atomic E-state index is 0.403. The number of aromatic nitrogens is 2. The zero-order chi connectivity index (χ0) is 14.6. The maximum atomic E-state index is 4.38. The molecule has 1 aromatic heterocycles. The smallest absolute Gasteiger partial charge is 0.0537 e. The zero-order valence-electron chi connectivity index (χ0n) is 13.7. The van der Waals surface area contributed by atoms with E-state index in [4.69, 9.17) is 0 Å². The fourth-order valence-electron chi connectivity index (χ4n) is 3.71. The molecule has 0 radical (unpaired) electrons. The van der Waals surface area contributed by atoms with E-state index in [0.29, 0.717) is 11.5 Å². The van der Waals surface area contributed by atoms with Crippen LogP contribution in [0.5, 0.6) is 0 Å². The monoisotopic (exact) mass is 277 g/mol. The Morgan fingerprint density at radius 1 is 1.30 bits per heavy atom. The second-order valence-electron chi connectivity index (χ2n) is 7.04. The van der Waals surface area contributed by atoms with E-state index in [9.17, 15) is 0 Å². The lowest BCUT2D eigenvalue weighted by Gasteiger charge is -2.32. The molecule has 1 fully saturated rings. The van der Waals surface area contributed by atoms with Gasteiger partial charge in [0.15, 0.2) is 0 Å². The number of aryl methyl sites for hydroxylation is 1. The highest BCUT2D eigenvalue weighted by Gasteiger charge is 2.34. The maximum Gasteiger partial charge on any atom is 0.0537 e. The van der Waals surface area contributed by atoms with Gasteiger partial charge in [0.05, 0.1) is 6.20 Å². The summed E-state index contributed by atoms with van der Waals surface area (Å²) in [5.74, 6) is 0.799.